The molecule has 216 valence electrons. The maximum Gasteiger partial charge on any atom is 0.290 e. The van der Waals surface area contributed by atoms with Crippen molar-refractivity contribution in [2.45, 2.75) is 43.9 Å². The van der Waals surface area contributed by atoms with Gasteiger partial charge in [0.05, 0.1) is 46.6 Å². The summed E-state index contributed by atoms with van der Waals surface area (Å²) >= 11 is 1.21. The summed E-state index contributed by atoms with van der Waals surface area (Å²) in [6.45, 7) is 2.92. The van der Waals surface area contributed by atoms with Gasteiger partial charge in [-0.05, 0) is 65.4 Å². The van der Waals surface area contributed by atoms with Crippen LogP contribution in [0.15, 0.2) is 36.9 Å². The van der Waals surface area contributed by atoms with E-state index >= 15 is 0 Å². The molecule has 1 fully saturated rings. The van der Waals surface area contributed by atoms with Crippen molar-refractivity contribution in [2.75, 3.05) is 32.0 Å². The molecule has 1 aliphatic carbocycles. The summed E-state index contributed by atoms with van der Waals surface area (Å²) in [5, 5.41) is 9.87. The molecule has 40 heavy (non-hydrogen) atoms. The number of anilines is 1. The second-order valence-electron chi connectivity index (χ2n) is 9.10. The number of ether oxygens (including phenoxy) is 1. The highest BCUT2D eigenvalue weighted by Gasteiger charge is 2.35. The molecule has 13 nitrogen and oxygen atoms in total. The number of rotatable bonds is 13. The number of nitrogens with zero attached hydrogens (tertiary/aromatic N) is 5. The van der Waals surface area contributed by atoms with E-state index < -0.39 is 16.1 Å². The average molecular weight is 592 g/mol. The predicted octanol–water partition coefficient (Wildman–Crippen LogP) is 2.81. The van der Waals surface area contributed by atoms with Gasteiger partial charge in [-0.1, -0.05) is 0 Å². The Morgan fingerprint density at radius 1 is 1.27 bits per heavy atom. The van der Waals surface area contributed by atoms with Crippen molar-refractivity contribution in [3.8, 4) is 16.5 Å². The first-order valence-corrected chi connectivity index (χ1v) is 14.9. The summed E-state index contributed by atoms with van der Waals surface area (Å²) < 4.78 is 32.9. The molecule has 1 unspecified atom stereocenters. The van der Waals surface area contributed by atoms with Crippen LogP contribution < -0.4 is 14.8 Å². The third kappa shape index (κ3) is 9.20. The molecule has 3 N–H and O–H groups in total. The van der Waals surface area contributed by atoms with E-state index in [1.807, 2.05) is 21.0 Å². The lowest BCUT2D eigenvalue weighted by atomic mass is 10.1. The molecule has 3 heterocycles. The van der Waals surface area contributed by atoms with Gasteiger partial charge in [0, 0.05) is 12.4 Å². The van der Waals surface area contributed by atoms with Crippen LogP contribution in [0, 0.1) is 0 Å². The first-order chi connectivity index (χ1) is 19.2. The first kappa shape index (κ1) is 30.8. The average Bonchev–Trinajstić information content (AvgIpc) is 3.66. The Labute approximate surface area is 237 Å². The zero-order valence-electron chi connectivity index (χ0n) is 22.5. The molecule has 0 spiro atoms. The topological polar surface area (TPSA) is 177 Å². The molecule has 0 aromatic carbocycles. The lowest BCUT2D eigenvalue weighted by Crippen LogP contribution is -2.30. The Hall–Kier alpha value is -3.69. The summed E-state index contributed by atoms with van der Waals surface area (Å²) in [7, 11) is 0.564. The molecule has 0 radical (unpaired) electrons. The fourth-order valence-electron chi connectivity index (χ4n) is 3.64. The maximum atomic E-state index is 13.2. The van der Waals surface area contributed by atoms with Gasteiger partial charge in [0.25, 0.3) is 12.4 Å². The van der Waals surface area contributed by atoms with Crippen LogP contribution in [0.3, 0.4) is 0 Å². The van der Waals surface area contributed by atoms with Crippen molar-refractivity contribution in [1.82, 2.24) is 30.2 Å². The number of hydrogen-bond acceptors (Lipinski definition) is 11. The van der Waals surface area contributed by atoms with Crippen molar-refractivity contribution in [1.29, 1.82) is 0 Å². The summed E-state index contributed by atoms with van der Waals surface area (Å²) in [6.07, 6.45) is 9.05. The molecule has 0 bridgehead atoms. The second-order valence-corrected chi connectivity index (χ2v) is 12.1. The standard InChI is InChI=1S/C24H31N7O4S2.CH2O2/c1-4-35-22-15-25-13-20(28-22)21-14-27-24(36-21)23(32)29-18(6-5-11-31(2)3)19-12-16(9-10-26-19)30-37(33,34)17-7-8-17;2-1-3/h9-10,12-15,17-18H,4-8,11H2,1-3H3,(H,26,30)(H,29,32);1H,(H,2,3). The van der Waals surface area contributed by atoms with Gasteiger partial charge in [0.15, 0.2) is 5.01 Å². The Morgan fingerprint density at radius 2 is 2.02 bits per heavy atom. The third-order valence-corrected chi connectivity index (χ3v) is 8.51. The van der Waals surface area contributed by atoms with E-state index in [0.29, 0.717) is 53.7 Å². The van der Waals surface area contributed by atoms with Gasteiger partial charge >= 0.3 is 0 Å². The van der Waals surface area contributed by atoms with Crippen molar-refractivity contribution in [3.63, 3.8) is 0 Å². The third-order valence-electron chi connectivity index (χ3n) is 5.62. The van der Waals surface area contributed by atoms with Gasteiger partial charge in [0.2, 0.25) is 15.9 Å². The number of amides is 1. The highest BCUT2D eigenvalue weighted by molar-refractivity contribution is 7.93. The minimum atomic E-state index is -3.41. The fourth-order valence-corrected chi connectivity index (χ4v) is 5.79. The van der Waals surface area contributed by atoms with Gasteiger partial charge < -0.3 is 20.1 Å². The van der Waals surface area contributed by atoms with Crippen LogP contribution in [0.5, 0.6) is 5.88 Å². The molecule has 1 atom stereocenters. The largest absolute Gasteiger partial charge is 0.483 e. The highest BCUT2D eigenvalue weighted by Crippen LogP contribution is 2.30. The number of carboxylic acid groups (broad SMARTS) is 1. The van der Waals surface area contributed by atoms with Gasteiger partial charge in [-0.25, -0.2) is 18.4 Å². The van der Waals surface area contributed by atoms with Crippen molar-refractivity contribution in [2.24, 2.45) is 0 Å². The Morgan fingerprint density at radius 3 is 2.70 bits per heavy atom. The summed E-state index contributed by atoms with van der Waals surface area (Å²) in [5.41, 5.74) is 1.59. The van der Waals surface area contributed by atoms with Gasteiger partial charge in [0.1, 0.15) is 5.69 Å². The van der Waals surface area contributed by atoms with Crippen LogP contribution in [0.4, 0.5) is 5.69 Å². The summed E-state index contributed by atoms with van der Waals surface area (Å²) in [6, 6.07) is 2.88. The molecule has 1 amide bonds. The van der Waals surface area contributed by atoms with Gasteiger partial charge in [-0.15, -0.1) is 11.3 Å². The molecule has 1 saturated carbocycles. The fraction of sp³-hybridized carbons (Fsp3) is 0.440. The van der Waals surface area contributed by atoms with Crippen LogP contribution in [0.2, 0.25) is 0 Å². The molecule has 0 aliphatic heterocycles. The monoisotopic (exact) mass is 591 g/mol. The maximum absolute atomic E-state index is 13.2. The minimum Gasteiger partial charge on any atom is -0.483 e. The van der Waals surface area contributed by atoms with Crippen LogP contribution in [-0.4, -0.2) is 83.2 Å². The molecule has 0 saturated heterocycles. The second kappa shape index (κ2) is 14.6. The molecular formula is C25H33N7O6S2. The lowest BCUT2D eigenvalue weighted by molar-refractivity contribution is -0.122. The number of aromatic nitrogens is 4. The van der Waals surface area contributed by atoms with Gasteiger partial charge in [-0.2, -0.15) is 0 Å². The molecule has 15 heteroatoms. The molecular weight excluding hydrogens is 558 g/mol. The van der Waals surface area contributed by atoms with E-state index in [4.69, 9.17) is 14.6 Å². The minimum absolute atomic E-state index is 0.250. The smallest absolute Gasteiger partial charge is 0.290 e. The zero-order valence-corrected chi connectivity index (χ0v) is 24.1. The number of sulfonamides is 1. The van der Waals surface area contributed by atoms with E-state index in [9.17, 15) is 13.2 Å². The lowest BCUT2D eigenvalue weighted by Gasteiger charge is -2.20. The Kier molecular flexibility index (Phi) is 11.3. The van der Waals surface area contributed by atoms with Crippen LogP contribution in [0.1, 0.15) is 54.1 Å². The molecule has 4 rings (SSSR count). The molecule has 1 aliphatic rings. The van der Waals surface area contributed by atoms with E-state index in [1.54, 1.807) is 30.7 Å². The van der Waals surface area contributed by atoms with E-state index in [0.717, 1.165) is 13.0 Å². The first-order valence-electron chi connectivity index (χ1n) is 12.6. The van der Waals surface area contributed by atoms with E-state index in [1.165, 1.54) is 17.5 Å². The predicted molar refractivity (Wildman–Crippen MR) is 151 cm³/mol. The molecule has 3 aromatic heterocycles. The SMILES string of the molecule is CCOc1cncc(-c2cnc(C(=O)NC(CCCN(C)C)c3cc(NS(=O)(=O)C4CC4)ccn3)s2)n1.O=CO. The van der Waals surface area contributed by atoms with Gasteiger partial charge in [-0.3, -0.25) is 24.3 Å². The van der Waals surface area contributed by atoms with E-state index in [2.05, 4.69) is 34.9 Å². The van der Waals surface area contributed by atoms with Crippen molar-refractivity contribution >= 4 is 39.4 Å². The number of nitrogens with one attached hydrogen (secondary N) is 2. The highest BCUT2D eigenvalue weighted by atomic mass is 32.2. The zero-order chi connectivity index (χ0) is 29.1. The summed E-state index contributed by atoms with van der Waals surface area (Å²) in [4.78, 5) is 41.6. The van der Waals surface area contributed by atoms with E-state index in [-0.39, 0.29) is 22.6 Å². The normalized spacial score (nSPS) is 13.6. The van der Waals surface area contributed by atoms with Crippen LogP contribution in [-0.2, 0) is 14.8 Å². The van der Waals surface area contributed by atoms with Crippen molar-refractivity contribution < 1.29 is 27.9 Å². The Balaban J connectivity index is 0.00000141. The number of pyridine rings is 1. The number of thiazole rings is 1. The van der Waals surface area contributed by atoms with Crippen LogP contribution in [0.25, 0.3) is 10.6 Å². The quantitative estimate of drug-likeness (QED) is 0.249. The number of carbonyl (C=O) groups excluding carboxylic acids is 1. The summed E-state index contributed by atoms with van der Waals surface area (Å²) in [5.74, 6) is 0.0643. The number of hydrogen-bond donors (Lipinski definition) is 3. The number of carbonyl (C=O) groups is 2. The van der Waals surface area contributed by atoms with Crippen LogP contribution >= 0.6 is 11.3 Å². The van der Waals surface area contributed by atoms with Crippen molar-refractivity contribution in [3.05, 3.63) is 47.6 Å². The molecule has 3 aromatic rings. The Bertz CT molecular complexity index is 1380.